The lowest BCUT2D eigenvalue weighted by Gasteiger charge is -2.16. The van der Waals surface area contributed by atoms with Gasteiger partial charge < -0.3 is 4.74 Å². The number of ether oxygens (including phenoxy) is 1. The number of fused-ring (bicyclic) bond motifs is 2. The van der Waals surface area contributed by atoms with E-state index in [0.29, 0.717) is 11.3 Å². The molecule has 0 radical (unpaired) electrons. The first-order chi connectivity index (χ1) is 17.6. The average molecular weight is 490 g/mol. The van der Waals surface area contributed by atoms with Crippen LogP contribution in [0.3, 0.4) is 0 Å². The lowest BCUT2D eigenvalue weighted by atomic mass is 9.91. The van der Waals surface area contributed by atoms with Crippen LogP contribution in [-0.2, 0) is 19.3 Å². The predicted molar refractivity (Wildman–Crippen MR) is 149 cm³/mol. The largest absolute Gasteiger partial charge is 0.496 e. The number of nitriles is 1. The SMILES string of the molecule is CCCc1cnc2cc(OC)c(CCc3cc4ccccc4s3)cc2c1C(=N)c1ccc(C#N)cc1. The highest BCUT2D eigenvalue weighted by Gasteiger charge is 2.18. The minimum absolute atomic E-state index is 0.455. The average Bonchev–Trinajstić information content (AvgIpc) is 3.34. The molecular formula is C31H27N3OS. The van der Waals surface area contributed by atoms with E-state index < -0.39 is 0 Å². The molecule has 0 fully saturated rings. The summed E-state index contributed by atoms with van der Waals surface area (Å²) in [7, 11) is 1.70. The first-order valence-corrected chi connectivity index (χ1v) is 13.0. The Morgan fingerprint density at radius 2 is 1.81 bits per heavy atom. The molecule has 5 heteroatoms. The molecule has 1 N–H and O–H groups in total. The molecule has 0 saturated heterocycles. The molecule has 0 atom stereocenters. The molecule has 2 heterocycles. The third kappa shape index (κ3) is 4.60. The highest BCUT2D eigenvalue weighted by molar-refractivity contribution is 7.19. The number of pyridine rings is 1. The van der Waals surface area contributed by atoms with Crippen LogP contribution in [-0.4, -0.2) is 17.8 Å². The molecule has 0 spiro atoms. The molecule has 2 aromatic heterocycles. The molecule has 4 nitrogen and oxygen atoms in total. The Balaban J connectivity index is 1.57. The van der Waals surface area contributed by atoms with Gasteiger partial charge in [-0.25, -0.2) is 0 Å². The van der Waals surface area contributed by atoms with Gasteiger partial charge >= 0.3 is 0 Å². The minimum Gasteiger partial charge on any atom is -0.496 e. The molecule has 0 saturated carbocycles. The van der Waals surface area contributed by atoms with E-state index in [1.54, 1.807) is 19.2 Å². The van der Waals surface area contributed by atoms with Crippen molar-refractivity contribution in [3.63, 3.8) is 0 Å². The fourth-order valence-electron chi connectivity index (χ4n) is 4.72. The Morgan fingerprint density at radius 3 is 2.53 bits per heavy atom. The van der Waals surface area contributed by atoms with Crippen LogP contribution in [0.1, 0.15) is 46.0 Å². The second-order valence-electron chi connectivity index (χ2n) is 8.90. The fraction of sp³-hybridized carbons (Fsp3) is 0.194. The number of thiophene rings is 1. The number of rotatable bonds is 8. The number of hydrogen-bond donors (Lipinski definition) is 1. The highest BCUT2D eigenvalue weighted by atomic mass is 32.1. The maximum atomic E-state index is 9.17. The topological polar surface area (TPSA) is 69.8 Å². The van der Waals surface area contributed by atoms with Crippen molar-refractivity contribution in [3.05, 3.63) is 106 Å². The van der Waals surface area contributed by atoms with Crippen molar-refractivity contribution in [1.82, 2.24) is 4.98 Å². The summed E-state index contributed by atoms with van der Waals surface area (Å²) in [4.78, 5) is 6.09. The summed E-state index contributed by atoms with van der Waals surface area (Å²) >= 11 is 1.84. The van der Waals surface area contributed by atoms with E-state index in [-0.39, 0.29) is 0 Å². The summed E-state index contributed by atoms with van der Waals surface area (Å²) in [6.45, 7) is 2.14. The van der Waals surface area contributed by atoms with Crippen molar-refractivity contribution >= 4 is 38.0 Å². The van der Waals surface area contributed by atoms with Crippen LogP contribution in [0.4, 0.5) is 0 Å². The van der Waals surface area contributed by atoms with Crippen molar-refractivity contribution in [3.8, 4) is 11.8 Å². The zero-order valence-electron chi connectivity index (χ0n) is 20.5. The van der Waals surface area contributed by atoms with E-state index in [0.717, 1.165) is 64.6 Å². The standard InChI is InChI=1S/C31H27N3OS/c1-3-6-24-19-34-27-17-28(35-2)22(13-14-25-15-23-7-4-5-8-29(23)36-25)16-26(27)30(24)31(33)21-11-9-20(18-32)10-12-21/h4-5,7-12,15-17,19,33H,3,6,13-14H2,1-2H3. The number of benzene rings is 3. The number of nitrogens with one attached hydrogen (secondary N) is 1. The fourth-order valence-corrected chi connectivity index (χ4v) is 5.78. The molecule has 178 valence electrons. The highest BCUT2D eigenvalue weighted by Crippen LogP contribution is 2.33. The molecule has 0 amide bonds. The zero-order chi connectivity index (χ0) is 25.1. The molecule has 5 rings (SSSR count). The number of methoxy groups -OCH3 is 1. The van der Waals surface area contributed by atoms with Gasteiger partial charge in [0.25, 0.3) is 0 Å². The Kier molecular flexibility index (Phi) is 6.79. The van der Waals surface area contributed by atoms with E-state index in [9.17, 15) is 5.26 Å². The van der Waals surface area contributed by atoms with Gasteiger partial charge in [0.1, 0.15) is 5.75 Å². The third-order valence-corrected chi connectivity index (χ3v) is 7.71. The minimum atomic E-state index is 0.455. The zero-order valence-corrected chi connectivity index (χ0v) is 21.3. The van der Waals surface area contributed by atoms with E-state index in [1.165, 1.54) is 15.0 Å². The first kappa shape index (κ1) is 23.7. The smallest absolute Gasteiger partial charge is 0.124 e. The van der Waals surface area contributed by atoms with Crippen molar-refractivity contribution < 1.29 is 4.74 Å². The Morgan fingerprint density at radius 1 is 1.00 bits per heavy atom. The Bertz CT molecular complexity index is 1580. The monoisotopic (exact) mass is 489 g/mol. The van der Waals surface area contributed by atoms with Gasteiger partial charge in [-0.15, -0.1) is 11.3 Å². The molecule has 0 aliphatic rings. The van der Waals surface area contributed by atoms with Crippen molar-refractivity contribution in [2.75, 3.05) is 7.11 Å². The first-order valence-electron chi connectivity index (χ1n) is 12.2. The summed E-state index contributed by atoms with van der Waals surface area (Å²) in [5, 5.41) is 20.6. The van der Waals surface area contributed by atoms with Crippen molar-refractivity contribution in [2.45, 2.75) is 32.6 Å². The van der Waals surface area contributed by atoms with Gasteiger partial charge in [-0.2, -0.15) is 5.26 Å². The van der Waals surface area contributed by atoms with Crippen LogP contribution in [0.2, 0.25) is 0 Å². The lowest BCUT2D eigenvalue weighted by molar-refractivity contribution is 0.410. The summed E-state index contributed by atoms with van der Waals surface area (Å²) in [5.74, 6) is 0.829. The van der Waals surface area contributed by atoms with Crippen LogP contribution < -0.4 is 4.74 Å². The number of nitrogens with zero attached hydrogens (tertiary/aromatic N) is 2. The molecular weight excluding hydrogens is 462 g/mol. The predicted octanol–water partition coefficient (Wildman–Crippen LogP) is 7.48. The van der Waals surface area contributed by atoms with E-state index >= 15 is 0 Å². The second-order valence-corrected chi connectivity index (χ2v) is 10.1. The Labute approximate surface area is 215 Å². The van der Waals surface area contributed by atoms with Gasteiger partial charge in [0.15, 0.2) is 0 Å². The van der Waals surface area contributed by atoms with Crippen molar-refractivity contribution in [2.24, 2.45) is 0 Å². The van der Waals surface area contributed by atoms with E-state index in [2.05, 4.69) is 49.4 Å². The molecule has 0 unspecified atom stereocenters. The van der Waals surface area contributed by atoms with Crippen LogP contribution in [0.5, 0.6) is 5.75 Å². The third-order valence-electron chi connectivity index (χ3n) is 6.54. The summed E-state index contributed by atoms with van der Waals surface area (Å²) in [5.41, 5.74) is 5.76. The summed E-state index contributed by atoms with van der Waals surface area (Å²) in [6.07, 6.45) is 5.48. The molecule has 0 aliphatic carbocycles. The van der Waals surface area contributed by atoms with Gasteiger partial charge in [-0.05, 0) is 66.1 Å². The van der Waals surface area contributed by atoms with E-state index in [4.69, 9.17) is 15.1 Å². The maximum absolute atomic E-state index is 9.17. The van der Waals surface area contributed by atoms with Crippen LogP contribution in [0, 0.1) is 16.7 Å². The molecule has 5 aromatic rings. The lowest BCUT2D eigenvalue weighted by Crippen LogP contribution is -2.09. The van der Waals surface area contributed by atoms with Crippen LogP contribution in [0.15, 0.2) is 72.9 Å². The normalized spacial score (nSPS) is 11.0. The van der Waals surface area contributed by atoms with Crippen LogP contribution >= 0.6 is 11.3 Å². The number of aryl methyl sites for hydroxylation is 3. The number of aromatic nitrogens is 1. The van der Waals surface area contributed by atoms with Crippen LogP contribution in [0.25, 0.3) is 21.0 Å². The molecule has 3 aromatic carbocycles. The maximum Gasteiger partial charge on any atom is 0.124 e. The van der Waals surface area contributed by atoms with Gasteiger partial charge in [0.05, 0.1) is 30.0 Å². The van der Waals surface area contributed by atoms with Gasteiger partial charge in [0.2, 0.25) is 0 Å². The quantitative estimate of drug-likeness (QED) is 0.230. The molecule has 0 bridgehead atoms. The van der Waals surface area contributed by atoms with Gasteiger partial charge in [-0.3, -0.25) is 10.4 Å². The van der Waals surface area contributed by atoms with Crippen molar-refractivity contribution in [1.29, 1.82) is 10.7 Å². The number of hydrogen-bond acceptors (Lipinski definition) is 5. The molecule has 0 aliphatic heterocycles. The second kappa shape index (κ2) is 10.3. The van der Waals surface area contributed by atoms with Gasteiger partial charge in [-0.1, -0.05) is 43.7 Å². The van der Waals surface area contributed by atoms with E-state index in [1.807, 2.05) is 35.7 Å². The Hall–Kier alpha value is -4.01. The summed E-state index contributed by atoms with van der Waals surface area (Å²) in [6, 6.07) is 24.3. The summed E-state index contributed by atoms with van der Waals surface area (Å²) < 4.78 is 7.08. The van der Waals surface area contributed by atoms with Gasteiger partial charge in [0, 0.05) is 38.4 Å². The molecule has 36 heavy (non-hydrogen) atoms.